The van der Waals surface area contributed by atoms with E-state index < -0.39 is 16.7 Å². The Labute approximate surface area is 168 Å². The number of nitrogens with zero attached hydrogens (tertiary/aromatic N) is 2. The lowest BCUT2D eigenvalue weighted by Gasteiger charge is -2.14. The highest BCUT2D eigenvalue weighted by atomic mass is 19.4. The van der Waals surface area contributed by atoms with E-state index in [2.05, 4.69) is 5.16 Å². The van der Waals surface area contributed by atoms with Gasteiger partial charge in [0.25, 0.3) is 5.69 Å². The zero-order chi connectivity index (χ0) is 21.3. The molecule has 0 aliphatic carbocycles. The van der Waals surface area contributed by atoms with Crippen molar-refractivity contribution in [3.63, 3.8) is 0 Å². The van der Waals surface area contributed by atoms with Crippen LogP contribution in [0.2, 0.25) is 0 Å². The molecule has 4 aromatic rings. The molecule has 0 radical (unpaired) electrons. The summed E-state index contributed by atoms with van der Waals surface area (Å²) < 4.78 is 46.3. The lowest BCUT2D eigenvalue weighted by atomic mass is 9.96. The summed E-state index contributed by atoms with van der Waals surface area (Å²) in [4.78, 5) is 10.2. The average Bonchev–Trinajstić information content (AvgIpc) is 3.24. The van der Waals surface area contributed by atoms with Gasteiger partial charge in [0.2, 0.25) is 0 Å². The minimum Gasteiger partial charge on any atom is -0.356 e. The molecule has 0 atom stereocenters. The Balaban J connectivity index is 1.72. The molecule has 30 heavy (non-hydrogen) atoms. The molecule has 0 saturated carbocycles. The third-order valence-corrected chi connectivity index (χ3v) is 4.58. The van der Waals surface area contributed by atoms with E-state index in [1.54, 1.807) is 30.3 Å². The van der Waals surface area contributed by atoms with Crippen LogP contribution >= 0.6 is 0 Å². The van der Waals surface area contributed by atoms with Crippen LogP contribution in [0.5, 0.6) is 0 Å². The van der Waals surface area contributed by atoms with E-state index in [4.69, 9.17) is 4.52 Å². The zero-order valence-electron chi connectivity index (χ0n) is 15.3. The molecule has 0 unspecified atom stereocenters. The predicted octanol–water partition coefficient (Wildman–Crippen LogP) is 6.60. The summed E-state index contributed by atoms with van der Waals surface area (Å²) in [6.07, 6.45) is -4.55. The second-order valence-corrected chi connectivity index (χ2v) is 6.50. The van der Waals surface area contributed by atoms with Gasteiger partial charge in [-0.15, -0.1) is 0 Å². The maximum absolute atomic E-state index is 13.7. The first-order valence-corrected chi connectivity index (χ1v) is 8.81. The summed E-state index contributed by atoms with van der Waals surface area (Å²) in [6, 6.07) is 19.4. The maximum atomic E-state index is 13.7. The van der Waals surface area contributed by atoms with Gasteiger partial charge in [0, 0.05) is 29.3 Å². The first-order valence-electron chi connectivity index (χ1n) is 8.81. The molecule has 0 spiro atoms. The molecule has 1 heterocycles. The van der Waals surface area contributed by atoms with Crippen LogP contribution in [0.1, 0.15) is 5.56 Å². The first-order chi connectivity index (χ1) is 14.3. The van der Waals surface area contributed by atoms with Gasteiger partial charge in [-0.25, -0.2) is 0 Å². The number of nitro groups is 1. The summed E-state index contributed by atoms with van der Waals surface area (Å²) >= 11 is 0. The van der Waals surface area contributed by atoms with Crippen molar-refractivity contribution in [3.05, 3.63) is 94.5 Å². The van der Waals surface area contributed by atoms with E-state index in [9.17, 15) is 23.3 Å². The van der Waals surface area contributed by atoms with Crippen LogP contribution in [0.25, 0.3) is 33.7 Å². The van der Waals surface area contributed by atoms with Gasteiger partial charge in [-0.05, 0) is 29.3 Å². The molecule has 8 heteroatoms. The van der Waals surface area contributed by atoms with Crippen LogP contribution in [0.4, 0.5) is 18.9 Å². The fourth-order valence-corrected chi connectivity index (χ4v) is 3.10. The average molecular weight is 410 g/mol. The monoisotopic (exact) mass is 410 g/mol. The number of hydrogen-bond donors (Lipinski definition) is 0. The molecule has 4 rings (SSSR count). The van der Waals surface area contributed by atoms with Gasteiger partial charge in [0.15, 0.2) is 5.76 Å². The summed E-state index contributed by atoms with van der Waals surface area (Å²) in [5.74, 6) is 0.161. The molecule has 0 aliphatic heterocycles. The summed E-state index contributed by atoms with van der Waals surface area (Å²) in [5.41, 5.74) is 0.812. The van der Waals surface area contributed by atoms with Crippen LogP contribution in [-0.4, -0.2) is 10.1 Å². The largest absolute Gasteiger partial charge is 0.417 e. The molecule has 0 amide bonds. The molecule has 1 aromatic heterocycles. The zero-order valence-corrected chi connectivity index (χ0v) is 15.3. The number of rotatable bonds is 4. The van der Waals surface area contributed by atoms with Crippen LogP contribution in [-0.2, 0) is 6.18 Å². The smallest absolute Gasteiger partial charge is 0.356 e. The summed E-state index contributed by atoms with van der Waals surface area (Å²) in [5, 5.41) is 14.6. The standard InChI is InChI=1S/C22H13F3N2O3/c23-22(24,25)19-12-16(8-11-18(19)14-4-2-1-3-5-14)21-13-20(26-30-21)15-6-9-17(10-7-15)27(28)29/h1-13H. The van der Waals surface area contributed by atoms with Gasteiger partial charge in [-0.3, -0.25) is 10.1 Å². The second kappa shape index (κ2) is 7.47. The van der Waals surface area contributed by atoms with E-state index in [1.165, 1.54) is 42.5 Å². The quantitative estimate of drug-likeness (QED) is 0.281. The molecule has 0 N–H and O–H groups in total. The van der Waals surface area contributed by atoms with Crippen molar-refractivity contribution >= 4 is 5.69 Å². The van der Waals surface area contributed by atoms with Crippen molar-refractivity contribution in [2.24, 2.45) is 0 Å². The third kappa shape index (κ3) is 3.80. The SMILES string of the molecule is O=[N+]([O-])c1ccc(-c2cc(-c3ccc(-c4ccccc4)c(C(F)(F)F)c3)on2)cc1. The fraction of sp³-hybridized carbons (Fsp3) is 0.0455. The highest BCUT2D eigenvalue weighted by Gasteiger charge is 2.34. The molecule has 3 aromatic carbocycles. The Bertz CT molecular complexity index is 1200. The summed E-state index contributed by atoms with van der Waals surface area (Å²) in [6.45, 7) is 0. The fourth-order valence-electron chi connectivity index (χ4n) is 3.10. The van der Waals surface area contributed by atoms with Gasteiger partial charge in [0.1, 0.15) is 5.69 Å². The van der Waals surface area contributed by atoms with Crippen molar-refractivity contribution < 1.29 is 22.6 Å². The molecule has 150 valence electrons. The van der Waals surface area contributed by atoms with E-state index in [0.29, 0.717) is 16.8 Å². The second-order valence-electron chi connectivity index (χ2n) is 6.50. The van der Waals surface area contributed by atoms with Crippen molar-refractivity contribution in [3.8, 4) is 33.7 Å². The van der Waals surface area contributed by atoms with Gasteiger partial charge in [-0.1, -0.05) is 47.6 Å². The Morgan fingerprint density at radius 3 is 2.13 bits per heavy atom. The molecule has 0 bridgehead atoms. The van der Waals surface area contributed by atoms with Crippen molar-refractivity contribution in [2.75, 3.05) is 0 Å². The molecular formula is C22H13F3N2O3. The number of halogens is 3. The molecular weight excluding hydrogens is 397 g/mol. The number of non-ortho nitro benzene ring substituents is 1. The molecule has 5 nitrogen and oxygen atoms in total. The van der Waals surface area contributed by atoms with Crippen LogP contribution in [0, 0.1) is 10.1 Å². The maximum Gasteiger partial charge on any atom is 0.417 e. The van der Waals surface area contributed by atoms with Crippen LogP contribution in [0.3, 0.4) is 0 Å². The molecule has 0 saturated heterocycles. The Hall–Kier alpha value is -3.94. The van der Waals surface area contributed by atoms with E-state index in [0.717, 1.165) is 6.07 Å². The van der Waals surface area contributed by atoms with E-state index in [1.807, 2.05) is 0 Å². The lowest BCUT2D eigenvalue weighted by Crippen LogP contribution is -2.07. The Morgan fingerprint density at radius 1 is 0.833 bits per heavy atom. The van der Waals surface area contributed by atoms with Crippen molar-refractivity contribution in [2.45, 2.75) is 6.18 Å². The van der Waals surface area contributed by atoms with Crippen molar-refractivity contribution in [1.29, 1.82) is 0 Å². The van der Waals surface area contributed by atoms with Gasteiger partial charge in [-0.2, -0.15) is 13.2 Å². The van der Waals surface area contributed by atoms with Gasteiger partial charge in [0.05, 0.1) is 10.5 Å². The van der Waals surface area contributed by atoms with E-state index >= 15 is 0 Å². The minimum absolute atomic E-state index is 0.0713. The normalized spacial score (nSPS) is 11.4. The van der Waals surface area contributed by atoms with Crippen LogP contribution < -0.4 is 0 Å². The van der Waals surface area contributed by atoms with Crippen molar-refractivity contribution in [1.82, 2.24) is 5.16 Å². The molecule has 0 aliphatic rings. The number of benzene rings is 3. The highest BCUT2D eigenvalue weighted by Crippen LogP contribution is 2.40. The van der Waals surface area contributed by atoms with Gasteiger partial charge < -0.3 is 4.52 Å². The first kappa shape index (κ1) is 19.4. The lowest BCUT2D eigenvalue weighted by molar-refractivity contribution is -0.384. The third-order valence-electron chi connectivity index (χ3n) is 4.58. The summed E-state index contributed by atoms with van der Waals surface area (Å²) in [7, 11) is 0. The number of alkyl halides is 3. The number of hydrogen-bond acceptors (Lipinski definition) is 4. The molecule has 0 fully saturated rings. The number of aromatic nitrogens is 1. The minimum atomic E-state index is -4.55. The highest BCUT2D eigenvalue weighted by molar-refractivity contribution is 5.74. The van der Waals surface area contributed by atoms with Gasteiger partial charge >= 0.3 is 6.18 Å². The Morgan fingerprint density at radius 2 is 1.50 bits per heavy atom. The Kier molecular flexibility index (Phi) is 4.83. The predicted molar refractivity (Wildman–Crippen MR) is 104 cm³/mol. The van der Waals surface area contributed by atoms with Crippen LogP contribution in [0.15, 0.2) is 83.4 Å². The topological polar surface area (TPSA) is 69.2 Å². The van der Waals surface area contributed by atoms with E-state index in [-0.39, 0.29) is 22.6 Å². The number of nitro benzene ring substituents is 1.